The van der Waals surface area contributed by atoms with Crippen LogP contribution < -0.4 is 15.2 Å². The molecule has 0 saturated heterocycles. The number of carbonyl (C=O) groups excluding carboxylic acids is 1. The minimum Gasteiger partial charge on any atom is -0.497 e. The van der Waals surface area contributed by atoms with Crippen LogP contribution in [0.25, 0.3) is 10.2 Å². The van der Waals surface area contributed by atoms with Crippen LogP contribution in [-0.2, 0) is 17.8 Å². The molecule has 3 aromatic rings. The number of anilines is 1. The molecule has 0 saturated carbocycles. The summed E-state index contributed by atoms with van der Waals surface area (Å²) in [6.45, 7) is 0.643. The average Bonchev–Trinajstić information content (AvgIpc) is 3.12. The van der Waals surface area contributed by atoms with Gasteiger partial charge < -0.3 is 9.64 Å². The summed E-state index contributed by atoms with van der Waals surface area (Å²) in [7, 11) is 1.63. The molecule has 0 bridgehead atoms. The summed E-state index contributed by atoms with van der Waals surface area (Å²) in [5, 5.41) is 2.39. The highest BCUT2D eigenvalue weighted by Gasteiger charge is 2.23. The number of amides is 1. The highest BCUT2D eigenvalue weighted by molar-refractivity contribution is 7.16. The Labute approximate surface area is 148 Å². The smallest absolute Gasteiger partial charge is 0.262 e. The third-order valence-electron chi connectivity index (χ3n) is 4.46. The van der Waals surface area contributed by atoms with E-state index in [1.807, 2.05) is 23.6 Å². The normalized spacial score (nSPS) is 13.7. The molecule has 25 heavy (non-hydrogen) atoms. The van der Waals surface area contributed by atoms with E-state index in [-0.39, 0.29) is 18.0 Å². The Morgan fingerprint density at radius 3 is 3.08 bits per heavy atom. The van der Waals surface area contributed by atoms with E-state index in [4.69, 9.17) is 4.74 Å². The Bertz CT molecular complexity index is 1010. The van der Waals surface area contributed by atoms with Crippen molar-refractivity contribution in [1.82, 2.24) is 9.55 Å². The maximum atomic E-state index is 12.8. The molecule has 0 N–H and O–H groups in total. The third kappa shape index (κ3) is 2.80. The van der Waals surface area contributed by atoms with Gasteiger partial charge in [0, 0.05) is 12.2 Å². The number of hydrogen-bond acceptors (Lipinski definition) is 5. The van der Waals surface area contributed by atoms with Crippen molar-refractivity contribution in [3.8, 4) is 5.75 Å². The first-order valence-corrected chi connectivity index (χ1v) is 8.95. The zero-order valence-electron chi connectivity index (χ0n) is 13.8. The Balaban J connectivity index is 1.63. The first-order chi connectivity index (χ1) is 12.2. The monoisotopic (exact) mass is 355 g/mol. The van der Waals surface area contributed by atoms with Gasteiger partial charge in [-0.1, -0.05) is 0 Å². The standard InChI is InChI=1S/C18H17N3O3S/c1-24-13-4-5-15-12(9-13)3-2-7-21(15)16(22)10-20-11-19-17-14(18(20)23)6-8-25-17/h4-6,8-9,11H,2-3,7,10H2,1H3. The van der Waals surface area contributed by atoms with Gasteiger partial charge in [-0.25, -0.2) is 4.98 Å². The van der Waals surface area contributed by atoms with Crippen molar-refractivity contribution in [1.29, 1.82) is 0 Å². The predicted molar refractivity (Wildman–Crippen MR) is 97.5 cm³/mol. The SMILES string of the molecule is COc1ccc2c(c1)CCCN2C(=O)Cn1cnc2sccc2c1=O. The molecule has 0 aliphatic carbocycles. The highest BCUT2D eigenvalue weighted by atomic mass is 32.1. The molecule has 0 spiro atoms. The number of nitrogens with zero attached hydrogens (tertiary/aromatic N) is 3. The van der Waals surface area contributed by atoms with Crippen LogP contribution in [0.3, 0.4) is 0 Å². The Hall–Kier alpha value is -2.67. The zero-order valence-corrected chi connectivity index (χ0v) is 14.6. The number of hydrogen-bond donors (Lipinski definition) is 0. The van der Waals surface area contributed by atoms with Crippen LogP contribution in [0.4, 0.5) is 5.69 Å². The Morgan fingerprint density at radius 1 is 1.36 bits per heavy atom. The second kappa shape index (κ2) is 6.33. The molecule has 1 aromatic carbocycles. The number of rotatable bonds is 3. The molecule has 128 valence electrons. The Kier molecular flexibility index (Phi) is 4.01. The lowest BCUT2D eigenvalue weighted by Gasteiger charge is -2.30. The molecule has 1 aliphatic rings. The highest BCUT2D eigenvalue weighted by Crippen LogP contribution is 2.30. The van der Waals surface area contributed by atoms with E-state index in [9.17, 15) is 9.59 Å². The lowest BCUT2D eigenvalue weighted by atomic mass is 10.0. The molecule has 0 atom stereocenters. The van der Waals surface area contributed by atoms with E-state index < -0.39 is 0 Å². The number of thiophene rings is 1. The number of benzene rings is 1. The molecule has 7 heteroatoms. The Morgan fingerprint density at radius 2 is 2.24 bits per heavy atom. The molecule has 0 radical (unpaired) electrons. The van der Waals surface area contributed by atoms with Crippen molar-refractivity contribution in [2.75, 3.05) is 18.6 Å². The maximum absolute atomic E-state index is 12.8. The average molecular weight is 355 g/mol. The number of aromatic nitrogens is 2. The summed E-state index contributed by atoms with van der Waals surface area (Å²) >= 11 is 1.42. The molecule has 1 amide bonds. The molecule has 6 nitrogen and oxygen atoms in total. The quantitative estimate of drug-likeness (QED) is 0.724. The summed E-state index contributed by atoms with van der Waals surface area (Å²) in [5.74, 6) is 0.681. The summed E-state index contributed by atoms with van der Waals surface area (Å²) in [4.78, 5) is 32.0. The van der Waals surface area contributed by atoms with Crippen LogP contribution in [0.15, 0.2) is 40.8 Å². The first kappa shape index (κ1) is 15.8. The van der Waals surface area contributed by atoms with Crippen molar-refractivity contribution < 1.29 is 9.53 Å². The summed E-state index contributed by atoms with van der Waals surface area (Å²) in [6.07, 6.45) is 3.26. The molecular formula is C18H17N3O3S. The van der Waals surface area contributed by atoms with Gasteiger partial charge in [-0.3, -0.25) is 14.2 Å². The van der Waals surface area contributed by atoms with E-state index >= 15 is 0 Å². The number of methoxy groups -OCH3 is 1. The second-order valence-corrected chi connectivity index (χ2v) is 6.86. The van der Waals surface area contributed by atoms with Crippen molar-refractivity contribution in [3.63, 3.8) is 0 Å². The van der Waals surface area contributed by atoms with Crippen LogP contribution in [0, 0.1) is 0 Å². The van der Waals surface area contributed by atoms with Crippen molar-refractivity contribution in [3.05, 3.63) is 51.9 Å². The summed E-state index contributed by atoms with van der Waals surface area (Å²) in [5.41, 5.74) is 1.82. The van der Waals surface area contributed by atoms with Crippen LogP contribution in [0.5, 0.6) is 5.75 Å². The van der Waals surface area contributed by atoms with Crippen LogP contribution in [-0.4, -0.2) is 29.1 Å². The van der Waals surface area contributed by atoms with Gasteiger partial charge in [0.05, 0.1) is 18.8 Å². The minimum absolute atomic E-state index is 0.0108. The van der Waals surface area contributed by atoms with Gasteiger partial charge in [-0.05, 0) is 48.1 Å². The zero-order chi connectivity index (χ0) is 17.4. The molecular weight excluding hydrogens is 338 g/mol. The van der Waals surface area contributed by atoms with Gasteiger partial charge in [-0.2, -0.15) is 0 Å². The first-order valence-electron chi connectivity index (χ1n) is 8.07. The predicted octanol–water partition coefficient (Wildman–Crippen LogP) is 2.45. The fourth-order valence-electron chi connectivity index (χ4n) is 3.20. The van der Waals surface area contributed by atoms with Crippen molar-refractivity contribution in [2.45, 2.75) is 19.4 Å². The maximum Gasteiger partial charge on any atom is 0.262 e. The lowest BCUT2D eigenvalue weighted by molar-refractivity contribution is -0.119. The van der Waals surface area contributed by atoms with Gasteiger partial charge in [0.15, 0.2) is 0 Å². The van der Waals surface area contributed by atoms with Gasteiger partial charge >= 0.3 is 0 Å². The lowest BCUT2D eigenvalue weighted by Crippen LogP contribution is -2.39. The van der Waals surface area contributed by atoms with E-state index in [1.54, 1.807) is 18.1 Å². The fraction of sp³-hybridized carbons (Fsp3) is 0.278. The third-order valence-corrected chi connectivity index (χ3v) is 5.28. The summed E-state index contributed by atoms with van der Waals surface area (Å²) in [6, 6.07) is 7.49. The molecule has 4 rings (SSSR count). The van der Waals surface area contributed by atoms with E-state index in [0.29, 0.717) is 16.8 Å². The van der Waals surface area contributed by atoms with Crippen molar-refractivity contribution in [2.24, 2.45) is 0 Å². The van der Waals surface area contributed by atoms with Gasteiger partial charge in [0.25, 0.3) is 5.56 Å². The van der Waals surface area contributed by atoms with E-state index in [0.717, 1.165) is 29.8 Å². The molecule has 1 aliphatic heterocycles. The van der Waals surface area contributed by atoms with Crippen molar-refractivity contribution >= 4 is 33.1 Å². The number of ether oxygens (including phenoxy) is 1. The fourth-order valence-corrected chi connectivity index (χ4v) is 3.92. The molecule has 3 heterocycles. The van der Waals surface area contributed by atoms with Gasteiger partial charge in [0.2, 0.25) is 5.91 Å². The minimum atomic E-state index is -0.174. The molecule has 0 unspecified atom stereocenters. The van der Waals surface area contributed by atoms with Gasteiger partial charge in [-0.15, -0.1) is 11.3 Å². The topological polar surface area (TPSA) is 64.4 Å². The largest absolute Gasteiger partial charge is 0.497 e. The molecule has 0 fully saturated rings. The number of carbonyl (C=O) groups is 1. The van der Waals surface area contributed by atoms with Crippen LogP contribution >= 0.6 is 11.3 Å². The summed E-state index contributed by atoms with van der Waals surface area (Å²) < 4.78 is 6.65. The van der Waals surface area contributed by atoms with E-state index in [1.165, 1.54) is 22.2 Å². The van der Waals surface area contributed by atoms with Crippen LogP contribution in [0.2, 0.25) is 0 Å². The number of aryl methyl sites for hydroxylation is 1. The number of fused-ring (bicyclic) bond motifs is 2. The molecule has 2 aromatic heterocycles. The second-order valence-electron chi connectivity index (χ2n) is 5.96. The van der Waals surface area contributed by atoms with Gasteiger partial charge in [0.1, 0.15) is 17.1 Å². The van der Waals surface area contributed by atoms with E-state index in [2.05, 4.69) is 4.98 Å². The van der Waals surface area contributed by atoms with Crippen LogP contribution in [0.1, 0.15) is 12.0 Å².